The first kappa shape index (κ1) is 17.0. The van der Waals surface area contributed by atoms with E-state index >= 15 is 0 Å². The van der Waals surface area contributed by atoms with Gasteiger partial charge in [0.15, 0.2) is 5.76 Å². The van der Waals surface area contributed by atoms with Crippen LogP contribution in [0.5, 0.6) is 0 Å². The van der Waals surface area contributed by atoms with Crippen LogP contribution in [-0.2, 0) is 0 Å². The summed E-state index contributed by atoms with van der Waals surface area (Å²) in [6.07, 6.45) is 2.69. The summed E-state index contributed by atoms with van der Waals surface area (Å²) in [5.41, 5.74) is 1.79. The molecule has 3 rings (SSSR count). The summed E-state index contributed by atoms with van der Waals surface area (Å²) in [7, 11) is 0. The largest absolute Gasteiger partial charge is 0.467 e. The standard InChI is InChI=1S/C19H20N2O4/c1-12(11-16(22)18-6-4-10-25-18)20-19(23)14-7-8-15(21-13(14)2)17-5-3-9-24-17/h3-10,12,16,22H,11H2,1-2H3,(H,20,23). The Labute approximate surface area is 145 Å². The smallest absolute Gasteiger partial charge is 0.253 e. The van der Waals surface area contributed by atoms with Gasteiger partial charge in [0, 0.05) is 12.5 Å². The van der Waals surface area contributed by atoms with E-state index in [0.717, 1.165) is 0 Å². The lowest BCUT2D eigenvalue weighted by molar-refractivity contribution is 0.0902. The lowest BCUT2D eigenvalue weighted by Crippen LogP contribution is -2.34. The molecule has 25 heavy (non-hydrogen) atoms. The molecule has 2 unspecified atom stereocenters. The molecule has 0 fully saturated rings. The number of carbonyl (C=O) groups is 1. The molecule has 130 valence electrons. The van der Waals surface area contributed by atoms with Crippen LogP contribution in [0.1, 0.15) is 41.3 Å². The monoisotopic (exact) mass is 340 g/mol. The average Bonchev–Trinajstić information content (AvgIpc) is 3.28. The fourth-order valence-electron chi connectivity index (χ4n) is 2.65. The van der Waals surface area contributed by atoms with Gasteiger partial charge in [-0.05, 0) is 50.2 Å². The highest BCUT2D eigenvalue weighted by atomic mass is 16.4. The number of carbonyl (C=O) groups excluding carboxylic acids is 1. The van der Waals surface area contributed by atoms with E-state index in [-0.39, 0.29) is 11.9 Å². The maximum absolute atomic E-state index is 12.5. The average molecular weight is 340 g/mol. The van der Waals surface area contributed by atoms with Gasteiger partial charge in [-0.2, -0.15) is 0 Å². The summed E-state index contributed by atoms with van der Waals surface area (Å²) in [5, 5.41) is 13.0. The number of aryl methyl sites for hydroxylation is 1. The van der Waals surface area contributed by atoms with Crippen LogP contribution in [0.25, 0.3) is 11.5 Å². The van der Waals surface area contributed by atoms with Gasteiger partial charge in [0.1, 0.15) is 17.6 Å². The lowest BCUT2D eigenvalue weighted by Gasteiger charge is -2.17. The van der Waals surface area contributed by atoms with E-state index in [0.29, 0.717) is 34.9 Å². The first-order valence-electron chi connectivity index (χ1n) is 8.08. The van der Waals surface area contributed by atoms with Gasteiger partial charge < -0.3 is 19.3 Å². The number of pyridine rings is 1. The van der Waals surface area contributed by atoms with Crippen molar-refractivity contribution < 1.29 is 18.7 Å². The topological polar surface area (TPSA) is 88.5 Å². The van der Waals surface area contributed by atoms with E-state index in [1.54, 1.807) is 43.5 Å². The van der Waals surface area contributed by atoms with Crippen LogP contribution in [0.3, 0.4) is 0 Å². The molecule has 2 N–H and O–H groups in total. The molecule has 3 aromatic heterocycles. The number of nitrogens with zero attached hydrogens (tertiary/aromatic N) is 1. The number of nitrogens with one attached hydrogen (secondary N) is 1. The molecule has 0 radical (unpaired) electrons. The molecule has 0 bridgehead atoms. The Morgan fingerprint density at radius 2 is 1.96 bits per heavy atom. The minimum atomic E-state index is -0.758. The van der Waals surface area contributed by atoms with Gasteiger partial charge in [0.2, 0.25) is 0 Å². The van der Waals surface area contributed by atoms with E-state index < -0.39 is 6.10 Å². The summed E-state index contributed by atoms with van der Waals surface area (Å²) in [6, 6.07) is 10.3. The van der Waals surface area contributed by atoms with Crippen LogP contribution in [0.2, 0.25) is 0 Å². The van der Waals surface area contributed by atoms with Crippen LogP contribution in [0, 0.1) is 6.92 Å². The minimum absolute atomic E-state index is 0.225. The van der Waals surface area contributed by atoms with Gasteiger partial charge in [-0.25, -0.2) is 4.98 Å². The quantitative estimate of drug-likeness (QED) is 0.717. The normalized spacial score (nSPS) is 13.4. The minimum Gasteiger partial charge on any atom is -0.467 e. The van der Waals surface area contributed by atoms with Gasteiger partial charge in [-0.15, -0.1) is 0 Å². The molecule has 3 aromatic rings. The van der Waals surface area contributed by atoms with E-state index in [2.05, 4.69) is 10.3 Å². The van der Waals surface area contributed by atoms with Crippen molar-refractivity contribution in [1.82, 2.24) is 10.3 Å². The molecule has 6 heteroatoms. The highest BCUT2D eigenvalue weighted by molar-refractivity contribution is 5.95. The summed E-state index contributed by atoms with van der Waals surface area (Å²) in [4.78, 5) is 16.9. The van der Waals surface area contributed by atoms with Crippen molar-refractivity contribution in [2.45, 2.75) is 32.4 Å². The number of aliphatic hydroxyl groups is 1. The number of hydrogen-bond acceptors (Lipinski definition) is 5. The summed E-state index contributed by atoms with van der Waals surface area (Å²) < 4.78 is 10.5. The molecule has 1 amide bonds. The van der Waals surface area contributed by atoms with Crippen molar-refractivity contribution in [2.24, 2.45) is 0 Å². The van der Waals surface area contributed by atoms with E-state index in [1.165, 1.54) is 6.26 Å². The molecule has 0 spiro atoms. The Bertz CT molecular complexity index is 825. The molecular formula is C19H20N2O4. The van der Waals surface area contributed by atoms with Crippen molar-refractivity contribution >= 4 is 5.91 Å². The van der Waals surface area contributed by atoms with Crippen LogP contribution in [0.4, 0.5) is 0 Å². The summed E-state index contributed by atoms with van der Waals surface area (Å²) in [6.45, 7) is 3.62. The maximum Gasteiger partial charge on any atom is 0.253 e. The van der Waals surface area contributed by atoms with Crippen molar-refractivity contribution in [3.05, 3.63) is 65.9 Å². The van der Waals surface area contributed by atoms with E-state index in [4.69, 9.17) is 8.83 Å². The van der Waals surface area contributed by atoms with Crippen molar-refractivity contribution in [1.29, 1.82) is 0 Å². The zero-order valence-corrected chi connectivity index (χ0v) is 14.1. The number of amides is 1. The summed E-state index contributed by atoms with van der Waals surface area (Å²) >= 11 is 0. The fraction of sp³-hybridized carbons (Fsp3) is 0.263. The first-order chi connectivity index (χ1) is 12.0. The molecule has 3 heterocycles. The van der Waals surface area contributed by atoms with Crippen LogP contribution < -0.4 is 5.32 Å². The Morgan fingerprint density at radius 1 is 1.20 bits per heavy atom. The van der Waals surface area contributed by atoms with Crippen molar-refractivity contribution in [2.75, 3.05) is 0 Å². The molecule has 2 atom stereocenters. The van der Waals surface area contributed by atoms with Gasteiger partial charge >= 0.3 is 0 Å². The maximum atomic E-state index is 12.5. The lowest BCUT2D eigenvalue weighted by atomic mass is 10.1. The van der Waals surface area contributed by atoms with Crippen LogP contribution >= 0.6 is 0 Å². The van der Waals surface area contributed by atoms with Gasteiger partial charge in [0.25, 0.3) is 5.91 Å². The molecule has 0 aliphatic rings. The van der Waals surface area contributed by atoms with Crippen molar-refractivity contribution in [3.8, 4) is 11.5 Å². The predicted molar refractivity (Wildman–Crippen MR) is 91.9 cm³/mol. The number of rotatable bonds is 6. The Balaban J connectivity index is 1.64. The SMILES string of the molecule is Cc1nc(-c2ccco2)ccc1C(=O)NC(C)CC(O)c1ccco1. The molecule has 0 saturated heterocycles. The van der Waals surface area contributed by atoms with E-state index in [1.807, 2.05) is 13.0 Å². The second-order valence-electron chi connectivity index (χ2n) is 5.95. The van der Waals surface area contributed by atoms with Gasteiger partial charge in [-0.1, -0.05) is 0 Å². The number of hydrogen-bond donors (Lipinski definition) is 2. The van der Waals surface area contributed by atoms with Gasteiger partial charge in [-0.3, -0.25) is 4.79 Å². The number of furan rings is 2. The Kier molecular flexibility index (Phi) is 5.00. The second kappa shape index (κ2) is 7.36. The summed E-state index contributed by atoms with van der Waals surface area (Å²) in [5.74, 6) is 0.918. The second-order valence-corrected chi connectivity index (χ2v) is 5.95. The molecular weight excluding hydrogens is 320 g/mol. The Morgan fingerprint density at radius 3 is 2.60 bits per heavy atom. The molecule has 0 aliphatic carbocycles. The predicted octanol–water partition coefficient (Wildman–Crippen LogP) is 3.49. The molecule has 0 aliphatic heterocycles. The zero-order valence-electron chi connectivity index (χ0n) is 14.1. The molecule has 0 aromatic carbocycles. The molecule has 6 nitrogen and oxygen atoms in total. The third-order valence-electron chi connectivity index (χ3n) is 3.93. The number of aromatic nitrogens is 1. The first-order valence-corrected chi connectivity index (χ1v) is 8.08. The van der Waals surface area contributed by atoms with Gasteiger partial charge in [0.05, 0.1) is 23.8 Å². The van der Waals surface area contributed by atoms with Crippen LogP contribution in [0.15, 0.2) is 57.8 Å². The highest BCUT2D eigenvalue weighted by Gasteiger charge is 2.18. The Hall–Kier alpha value is -2.86. The third-order valence-corrected chi connectivity index (χ3v) is 3.93. The molecule has 0 saturated carbocycles. The zero-order chi connectivity index (χ0) is 17.8. The number of aliphatic hydroxyl groups excluding tert-OH is 1. The van der Waals surface area contributed by atoms with E-state index in [9.17, 15) is 9.90 Å². The third kappa shape index (κ3) is 3.97. The fourth-order valence-corrected chi connectivity index (χ4v) is 2.65. The van der Waals surface area contributed by atoms with Crippen LogP contribution in [-0.4, -0.2) is 22.0 Å². The highest BCUT2D eigenvalue weighted by Crippen LogP contribution is 2.21. The van der Waals surface area contributed by atoms with Crippen molar-refractivity contribution in [3.63, 3.8) is 0 Å².